The minimum absolute atomic E-state index is 0.0117. The quantitative estimate of drug-likeness (QED) is 0.341. The molecule has 2 heterocycles. The molecule has 12 heteroatoms. The number of aryl methyl sites for hydroxylation is 1. The lowest BCUT2D eigenvalue weighted by Gasteiger charge is -2.41. The number of nitrogens with zero attached hydrogens (tertiary/aromatic N) is 1. The van der Waals surface area contributed by atoms with E-state index in [4.69, 9.17) is 15.1 Å². The number of likely N-dealkylation sites (tertiary alicyclic amines) is 1. The standard InChI is InChI=1S/C20H22BN2O9/c22-17(13-3-2-11(24)7-14(13)25)19(26)23-8-12(9-23)31-15-4-1-10-5-6-21(29,30)32-18(10)16(15)20(27)28/h1-4,7,12,17,24-25,29-30H,5-6,8-9,22H2,(H,27,28)/q-1. The molecule has 1 saturated heterocycles. The number of hydrogen-bond acceptors (Lipinski definition) is 9. The number of hydrogen-bond donors (Lipinski definition) is 6. The minimum atomic E-state index is -3.15. The van der Waals surface area contributed by atoms with E-state index in [0.29, 0.717) is 5.56 Å². The Bertz CT molecular complexity index is 1080. The van der Waals surface area contributed by atoms with Crippen LogP contribution in [0.2, 0.25) is 6.32 Å². The number of ether oxygens (including phenoxy) is 1. The summed E-state index contributed by atoms with van der Waals surface area (Å²) >= 11 is 0. The molecule has 0 aliphatic carbocycles. The lowest BCUT2D eigenvalue weighted by atomic mass is 9.70. The summed E-state index contributed by atoms with van der Waals surface area (Å²) in [5, 5.41) is 48.5. The summed E-state index contributed by atoms with van der Waals surface area (Å²) in [7, 11) is 0. The number of fused-ring (bicyclic) bond motifs is 1. The van der Waals surface area contributed by atoms with Crippen LogP contribution in [0.15, 0.2) is 30.3 Å². The van der Waals surface area contributed by atoms with Gasteiger partial charge in [-0.2, -0.15) is 0 Å². The van der Waals surface area contributed by atoms with Crippen LogP contribution >= 0.6 is 0 Å². The monoisotopic (exact) mass is 445 g/mol. The lowest BCUT2D eigenvalue weighted by molar-refractivity contribution is -0.141. The Hall–Kier alpha value is -3.48. The molecular weight excluding hydrogens is 423 g/mol. The largest absolute Gasteiger partial charge is 0.669 e. The third-order valence-electron chi connectivity index (χ3n) is 5.58. The normalized spacial score (nSPS) is 18.2. The number of carboxylic acids is 1. The second-order valence-electron chi connectivity index (χ2n) is 7.95. The Labute approximate surface area is 182 Å². The lowest BCUT2D eigenvalue weighted by Crippen LogP contribution is -2.58. The second kappa shape index (κ2) is 7.90. The first-order valence-corrected chi connectivity index (χ1v) is 9.97. The fourth-order valence-electron chi connectivity index (χ4n) is 3.83. The maximum Gasteiger partial charge on any atom is 0.430 e. The molecule has 11 nitrogen and oxygen atoms in total. The zero-order valence-corrected chi connectivity index (χ0v) is 16.8. The Morgan fingerprint density at radius 3 is 2.56 bits per heavy atom. The summed E-state index contributed by atoms with van der Waals surface area (Å²) < 4.78 is 10.9. The highest BCUT2D eigenvalue weighted by molar-refractivity contribution is 6.59. The predicted octanol–water partition coefficient (Wildman–Crippen LogP) is -0.0560. The number of aromatic hydroxyl groups is 2. The van der Waals surface area contributed by atoms with Crippen molar-refractivity contribution < 1.29 is 44.3 Å². The van der Waals surface area contributed by atoms with Gasteiger partial charge in [0.25, 0.3) is 0 Å². The summed E-state index contributed by atoms with van der Waals surface area (Å²) in [4.78, 5) is 25.8. The second-order valence-corrected chi connectivity index (χ2v) is 7.95. The smallest absolute Gasteiger partial charge is 0.430 e. The van der Waals surface area contributed by atoms with Crippen molar-refractivity contribution in [1.29, 1.82) is 0 Å². The highest BCUT2D eigenvalue weighted by Gasteiger charge is 2.38. The van der Waals surface area contributed by atoms with Crippen LogP contribution in [-0.4, -0.2) is 68.1 Å². The van der Waals surface area contributed by atoms with Gasteiger partial charge in [-0.25, -0.2) is 4.79 Å². The summed E-state index contributed by atoms with van der Waals surface area (Å²) in [6.45, 7) is -2.88. The Morgan fingerprint density at radius 2 is 1.91 bits per heavy atom. The number of nitrogens with two attached hydrogens (primary N) is 1. The van der Waals surface area contributed by atoms with Crippen LogP contribution in [0.4, 0.5) is 0 Å². The number of rotatable bonds is 5. The molecule has 0 spiro atoms. The Kier molecular flexibility index (Phi) is 5.37. The molecule has 1 atom stereocenters. The van der Waals surface area contributed by atoms with Crippen molar-refractivity contribution in [3.05, 3.63) is 47.0 Å². The number of phenols is 2. The molecule has 170 valence electrons. The Morgan fingerprint density at radius 1 is 1.19 bits per heavy atom. The molecule has 2 aromatic carbocycles. The van der Waals surface area contributed by atoms with Gasteiger partial charge in [0.05, 0.1) is 18.8 Å². The van der Waals surface area contributed by atoms with E-state index in [1.807, 2.05) is 0 Å². The van der Waals surface area contributed by atoms with Crippen LogP contribution in [-0.2, 0) is 11.2 Å². The number of aromatic carboxylic acids is 1. The first-order chi connectivity index (χ1) is 15.1. The molecule has 0 aromatic heterocycles. The maximum atomic E-state index is 12.6. The first-order valence-electron chi connectivity index (χ1n) is 9.97. The maximum absolute atomic E-state index is 12.6. The van der Waals surface area contributed by atoms with E-state index in [-0.39, 0.29) is 60.0 Å². The minimum Gasteiger partial charge on any atom is -0.669 e. The van der Waals surface area contributed by atoms with E-state index in [9.17, 15) is 35.0 Å². The van der Waals surface area contributed by atoms with E-state index in [1.54, 1.807) is 6.07 Å². The van der Waals surface area contributed by atoms with Crippen LogP contribution < -0.4 is 15.1 Å². The Balaban J connectivity index is 1.45. The van der Waals surface area contributed by atoms with Crippen molar-refractivity contribution in [2.75, 3.05) is 13.1 Å². The third-order valence-corrected chi connectivity index (χ3v) is 5.58. The zero-order valence-electron chi connectivity index (χ0n) is 16.8. The summed E-state index contributed by atoms with van der Waals surface area (Å²) in [5.41, 5.74) is 6.33. The fourth-order valence-corrected chi connectivity index (χ4v) is 3.83. The van der Waals surface area contributed by atoms with Crippen molar-refractivity contribution in [3.8, 4) is 23.0 Å². The van der Waals surface area contributed by atoms with Crippen molar-refractivity contribution in [1.82, 2.24) is 4.90 Å². The number of amides is 1. The van der Waals surface area contributed by atoms with Crippen LogP contribution in [0.3, 0.4) is 0 Å². The molecule has 0 saturated carbocycles. The average Bonchev–Trinajstić information content (AvgIpc) is 2.68. The van der Waals surface area contributed by atoms with Crippen molar-refractivity contribution in [3.63, 3.8) is 0 Å². The van der Waals surface area contributed by atoms with Gasteiger partial charge in [-0.15, -0.1) is 0 Å². The van der Waals surface area contributed by atoms with Gasteiger partial charge in [0.1, 0.15) is 35.0 Å². The van der Waals surface area contributed by atoms with Crippen LogP contribution in [0.25, 0.3) is 0 Å². The molecular formula is C20H22BN2O9-. The molecule has 4 rings (SSSR count). The van der Waals surface area contributed by atoms with Crippen LogP contribution in [0, 0.1) is 0 Å². The van der Waals surface area contributed by atoms with Crippen molar-refractivity contribution in [2.45, 2.75) is 24.9 Å². The topological polar surface area (TPSA) is 183 Å². The summed E-state index contributed by atoms with van der Waals surface area (Å²) in [6.07, 6.45) is -0.308. The SMILES string of the molecule is NC(C(=O)N1CC(Oc2ccc3c(c2C(=O)O)O[B-](O)(O)CC3)C1)c1ccc(O)cc1O. The molecule has 2 aliphatic heterocycles. The van der Waals surface area contributed by atoms with Crippen LogP contribution in [0.1, 0.15) is 27.5 Å². The van der Waals surface area contributed by atoms with Gasteiger partial charge in [0.2, 0.25) is 5.91 Å². The van der Waals surface area contributed by atoms with E-state index in [0.717, 1.165) is 6.07 Å². The third kappa shape index (κ3) is 4.03. The molecule has 2 aliphatic rings. The van der Waals surface area contributed by atoms with E-state index < -0.39 is 30.8 Å². The van der Waals surface area contributed by atoms with Gasteiger partial charge in [-0.1, -0.05) is 12.4 Å². The van der Waals surface area contributed by atoms with E-state index >= 15 is 0 Å². The zero-order chi connectivity index (χ0) is 23.2. The van der Waals surface area contributed by atoms with Crippen molar-refractivity contribution >= 4 is 18.6 Å². The molecule has 1 fully saturated rings. The van der Waals surface area contributed by atoms with Gasteiger partial charge in [0, 0.05) is 11.6 Å². The highest BCUT2D eigenvalue weighted by Crippen LogP contribution is 2.39. The number of carboxylic acid groups (broad SMARTS) is 1. The molecule has 2 aromatic rings. The first kappa shape index (κ1) is 21.7. The predicted molar refractivity (Wildman–Crippen MR) is 110 cm³/mol. The molecule has 1 unspecified atom stereocenters. The molecule has 7 N–H and O–H groups in total. The molecule has 32 heavy (non-hydrogen) atoms. The van der Waals surface area contributed by atoms with Gasteiger partial charge < -0.3 is 45.4 Å². The van der Waals surface area contributed by atoms with Gasteiger partial charge in [-0.3, -0.25) is 4.79 Å². The average molecular weight is 445 g/mol. The van der Waals surface area contributed by atoms with Gasteiger partial charge in [-0.05, 0) is 30.2 Å². The number of phenolic OH excluding ortho intramolecular Hbond substituents is 2. The summed E-state index contributed by atoms with van der Waals surface area (Å²) in [6, 6.07) is 5.69. The fraction of sp³-hybridized carbons (Fsp3) is 0.300. The van der Waals surface area contributed by atoms with Crippen molar-refractivity contribution in [2.24, 2.45) is 5.73 Å². The number of carbonyl (C=O) groups excluding carboxylic acids is 1. The highest BCUT2D eigenvalue weighted by atomic mass is 16.6. The van der Waals surface area contributed by atoms with Gasteiger partial charge >= 0.3 is 12.7 Å². The van der Waals surface area contributed by atoms with E-state index in [1.165, 1.54) is 23.1 Å². The molecule has 1 amide bonds. The van der Waals surface area contributed by atoms with Crippen LogP contribution in [0.5, 0.6) is 23.0 Å². The van der Waals surface area contributed by atoms with Gasteiger partial charge in [0.15, 0.2) is 0 Å². The van der Waals surface area contributed by atoms with E-state index in [2.05, 4.69) is 0 Å². The molecule has 0 radical (unpaired) electrons. The summed E-state index contributed by atoms with van der Waals surface area (Å²) in [5.74, 6) is -2.42. The number of benzene rings is 2. The molecule has 0 bridgehead atoms. The number of carbonyl (C=O) groups is 2.